The first kappa shape index (κ1) is 6.81. The minimum absolute atomic E-state index is 0.652. The van der Waals surface area contributed by atoms with E-state index in [2.05, 4.69) is 11.7 Å². The molecule has 0 aromatic carbocycles. The van der Waals surface area contributed by atoms with Crippen LogP contribution in [0.25, 0.3) is 0 Å². The normalized spacial score (nSPS) is 18.6. The van der Waals surface area contributed by atoms with E-state index in [1.165, 1.54) is 5.57 Å². The standard InChI is InChI=1S/C8H9NO/c10-7-9-6-5-8-3-1-2-4-8/h1-3,5-7H,4H2,(H,9,10)/q-2. The molecule has 0 radical (unpaired) electrons. The van der Waals surface area contributed by atoms with E-state index in [1.807, 2.05) is 18.2 Å². The van der Waals surface area contributed by atoms with E-state index in [9.17, 15) is 4.79 Å². The lowest BCUT2D eigenvalue weighted by Gasteiger charge is -2.09. The topological polar surface area (TPSA) is 29.1 Å². The van der Waals surface area contributed by atoms with Crippen molar-refractivity contribution < 1.29 is 4.79 Å². The van der Waals surface area contributed by atoms with E-state index in [0.717, 1.165) is 6.42 Å². The molecule has 1 amide bonds. The number of carbonyl (C=O) groups is 1. The quantitative estimate of drug-likeness (QED) is 0.349. The molecule has 2 heteroatoms. The number of amides is 1. The maximum atomic E-state index is 9.78. The second-order valence-electron chi connectivity index (χ2n) is 1.99. The van der Waals surface area contributed by atoms with E-state index in [1.54, 1.807) is 6.54 Å². The third-order valence-electron chi connectivity index (χ3n) is 1.26. The Kier molecular flexibility index (Phi) is 2.49. The van der Waals surface area contributed by atoms with Crippen LogP contribution in [0.4, 0.5) is 0 Å². The molecular weight excluding hydrogens is 126 g/mol. The van der Waals surface area contributed by atoms with Crippen molar-refractivity contribution in [2.75, 3.05) is 0 Å². The second-order valence-corrected chi connectivity index (χ2v) is 1.99. The van der Waals surface area contributed by atoms with E-state index >= 15 is 0 Å². The van der Waals surface area contributed by atoms with Crippen molar-refractivity contribution in [3.8, 4) is 0 Å². The molecule has 0 aromatic rings. The van der Waals surface area contributed by atoms with Crippen LogP contribution in [0.15, 0.2) is 23.8 Å². The summed E-state index contributed by atoms with van der Waals surface area (Å²) in [5.74, 6) is 0. The number of nitrogens with one attached hydrogen (secondary N) is 1. The van der Waals surface area contributed by atoms with Crippen LogP contribution in [0.5, 0.6) is 0 Å². The Morgan fingerprint density at radius 1 is 1.80 bits per heavy atom. The van der Waals surface area contributed by atoms with Gasteiger partial charge in [-0.25, -0.2) is 18.6 Å². The summed E-state index contributed by atoms with van der Waals surface area (Å²) in [7, 11) is 0. The summed E-state index contributed by atoms with van der Waals surface area (Å²) in [4.78, 5) is 9.78. The molecule has 0 atom stereocenters. The molecule has 0 spiro atoms. The predicted molar refractivity (Wildman–Crippen MR) is 39.6 cm³/mol. The van der Waals surface area contributed by atoms with Gasteiger partial charge in [0.1, 0.15) is 0 Å². The molecule has 2 nitrogen and oxygen atoms in total. The fourth-order valence-corrected chi connectivity index (χ4v) is 0.782. The lowest BCUT2D eigenvalue weighted by Crippen LogP contribution is -2.03. The van der Waals surface area contributed by atoms with Gasteiger partial charge in [0.05, 0.1) is 0 Å². The summed E-state index contributed by atoms with van der Waals surface area (Å²) in [5, 5.41) is 2.45. The van der Waals surface area contributed by atoms with Gasteiger partial charge in [0.25, 0.3) is 0 Å². The number of carbonyl (C=O) groups excluding carboxylic acids is 1. The third kappa shape index (κ3) is 1.90. The molecule has 1 aliphatic carbocycles. The predicted octanol–water partition coefficient (Wildman–Crippen LogP) is 0.985. The highest BCUT2D eigenvalue weighted by Gasteiger charge is 1.77. The van der Waals surface area contributed by atoms with Crippen LogP contribution in [0.2, 0.25) is 0 Å². The highest BCUT2D eigenvalue weighted by Crippen LogP contribution is 2.13. The molecule has 0 aliphatic heterocycles. The van der Waals surface area contributed by atoms with E-state index < -0.39 is 0 Å². The first-order valence-corrected chi connectivity index (χ1v) is 3.15. The fourth-order valence-electron chi connectivity index (χ4n) is 0.782. The second kappa shape index (κ2) is 3.67. The van der Waals surface area contributed by atoms with Gasteiger partial charge in [0, 0.05) is 0 Å². The Morgan fingerprint density at radius 2 is 2.70 bits per heavy atom. The van der Waals surface area contributed by atoms with Crippen LogP contribution in [0, 0.1) is 13.0 Å². The lowest BCUT2D eigenvalue weighted by molar-refractivity contribution is -0.108. The van der Waals surface area contributed by atoms with Crippen LogP contribution in [0.1, 0.15) is 6.42 Å². The van der Waals surface area contributed by atoms with Crippen LogP contribution in [-0.2, 0) is 4.79 Å². The zero-order chi connectivity index (χ0) is 7.23. The Morgan fingerprint density at radius 3 is 3.30 bits per heavy atom. The van der Waals surface area contributed by atoms with Crippen molar-refractivity contribution >= 4 is 6.41 Å². The fraction of sp³-hybridized carbons (Fsp3) is 0.125. The highest BCUT2D eigenvalue weighted by molar-refractivity contribution is 5.48. The van der Waals surface area contributed by atoms with Crippen molar-refractivity contribution in [3.05, 3.63) is 36.8 Å². The van der Waals surface area contributed by atoms with Crippen LogP contribution in [-0.4, -0.2) is 6.41 Å². The number of hydrogen-bond acceptors (Lipinski definition) is 1. The first-order valence-electron chi connectivity index (χ1n) is 3.15. The minimum atomic E-state index is 0.652. The Bertz CT molecular complexity index is 170. The molecule has 0 bridgehead atoms. The van der Waals surface area contributed by atoms with Gasteiger partial charge < -0.3 is 5.32 Å². The molecule has 0 fully saturated rings. The van der Waals surface area contributed by atoms with Crippen molar-refractivity contribution in [1.82, 2.24) is 5.32 Å². The van der Waals surface area contributed by atoms with Crippen LogP contribution in [0.3, 0.4) is 0 Å². The molecule has 0 saturated heterocycles. The average Bonchev–Trinajstić information content (AvgIpc) is 2.41. The molecule has 0 aromatic heterocycles. The Labute approximate surface area is 60.6 Å². The molecule has 0 saturated carbocycles. The van der Waals surface area contributed by atoms with Crippen molar-refractivity contribution in [2.24, 2.45) is 0 Å². The molecular formula is C8H9NO-2. The largest absolute Gasteiger partial charge is 0.413 e. The highest BCUT2D eigenvalue weighted by atomic mass is 16.1. The van der Waals surface area contributed by atoms with Crippen LogP contribution < -0.4 is 5.32 Å². The molecule has 0 unspecified atom stereocenters. The summed E-state index contributed by atoms with van der Waals surface area (Å²) in [6.07, 6.45) is 9.59. The lowest BCUT2D eigenvalue weighted by atomic mass is 10.2. The first-order chi connectivity index (χ1) is 4.93. The zero-order valence-electron chi connectivity index (χ0n) is 5.58. The summed E-state index contributed by atoms with van der Waals surface area (Å²) in [6.45, 7) is 1.63. The number of rotatable bonds is 3. The number of allylic oxidation sites excluding steroid dienone is 3. The minimum Gasteiger partial charge on any atom is -0.413 e. The molecule has 10 heavy (non-hydrogen) atoms. The van der Waals surface area contributed by atoms with Crippen molar-refractivity contribution in [1.29, 1.82) is 0 Å². The van der Waals surface area contributed by atoms with Gasteiger partial charge in [-0.1, -0.05) is 0 Å². The van der Waals surface area contributed by atoms with Crippen LogP contribution >= 0.6 is 0 Å². The number of hydrogen-bond donors (Lipinski definition) is 1. The Hall–Kier alpha value is -1.31. The maximum absolute atomic E-state index is 9.78. The summed E-state index contributed by atoms with van der Waals surface area (Å²) in [5.41, 5.74) is 1.22. The maximum Gasteiger partial charge on any atom is 0.195 e. The van der Waals surface area contributed by atoms with Gasteiger partial charge >= 0.3 is 0 Å². The van der Waals surface area contributed by atoms with Gasteiger partial charge in [0.15, 0.2) is 6.41 Å². The zero-order valence-corrected chi connectivity index (χ0v) is 5.58. The van der Waals surface area contributed by atoms with Crippen molar-refractivity contribution in [2.45, 2.75) is 6.42 Å². The van der Waals surface area contributed by atoms with Gasteiger partial charge in [-0.3, -0.25) is 16.4 Å². The smallest absolute Gasteiger partial charge is 0.195 e. The van der Waals surface area contributed by atoms with Gasteiger partial charge in [-0.05, 0) is 0 Å². The molecule has 1 aliphatic rings. The van der Waals surface area contributed by atoms with Gasteiger partial charge in [-0.2, -0.15) is 6.42 Å². The van der Waals surface area contributed by atoms with Crippen molar-refractivity contribution in [3.63, 3.8) is 0 Å². The van der Waals surface area contributed by atoms with Gasteiger partial charge in [-0.15, -0.1) is 6.54 Å². The summed E-state index contributed by atoms with van der Waals surface area (Å²) >= 11 is 0. The molecule has 54 valence electrons. The summed E-state index contributed by atoms with van der Waals surface area (Å²) < 4.78 is 0. The monoisotopic (exact) mass is 135 g/mol. The molecule has 1 rings (SSSR count). The SMILES string of the molecule is O=CN[CH-]C=C1C=C[CH-]C1. The van der Waals surface area contributed by atoms with E-state index in [0.29, 0.717) is 6.41 Å². The molecule has 0 heterocycles. The summed E-state index contributed by atoms with van der Waals surface area (Å²) in [6, 6.07) is 0. The molecule has 1 N–H and O–H groups in total. The van der Waals surface area contributed by atoms with E-state index in [-0.39, 0.29) is 0 Å². The van der Waals surface area contributed by atoms with E-state index in [4.69, 9.17) is 0 Å². The Balaban J connectivity index is 2.25. The average molecular weight is 135 g/mol. The van der Waals surface area contributed by atoms with Gasteiger partial charge in [0.2, 0.25) is 0 Å². The third-order valence-corrected chi connectivity index (χ3v) is 1.26.